The van der Waals surface area contributed by atoms with E-state index in [-0.39, 0.29) is 0 Å². The minimum absolute atomic E-state index is 0.356. The summed E-state index contributed by atoms with van der Waals surface area (Å²) in [5, 5.41) is 18.0. The first kappa shape index (κ1) is 14.0. The summed E-state index contributed by atoms with van der Waals surface area (Å²) in [5.41, 5.74) is 4.53. The van der Waals surface area contributed by atoms with Gasteiger partial charge in [-0.05, 0) is 18.8 Å². The molecule has 0 aromatic heterocycles. The summed E-state index contributed by atoms with van der Waals surface area (Å²) in [4.78, 5) is 22.0. The monoisotopic (exact) mass is 243 g/mol. The molecule has 0 aromatic carbocycles. The molecule has 0 spiro atoms. The van der Waals surface area contributed by atoms with Crippen LogP contribution in [0.4, 0.5) is 0 Å². The Labute approximate surface area is 101 Å². The van der Waals surface area contributed by atoms with E-state index in [0.717, 1.165) is 12.8 Å². The van der Waals surface area contributed by atoms with Crippen molar-refractivity contribution >= 4 is 11.9 Å². The lowest BCUT2D eigenvalue weighted by Gasteiger charge is -2.25. The van der Waals surface area contributed by atoms with Crippen LogP contribution >= 0.6 is 0 Å². The van der Waals surface area contributed by atoms with Gasteiger partial charge in [0.1, 0.15) is 5.54 Å². The Morgan fingerprint density at radius 3 is 2.35 bits per heavy atom. The van der Waals surface area contributed by atoms with Gasteiger partial charge in [0.05, 0.1) is 5.92 Å². The second-order valence-corrected chi connectivity index (χ2v) is 5.42. The van der Waals surface area contributed by atoms with E-state index in [1.54, 1.807) is 0 Å². The Morgan fingerprint density at radius 2 is 2.00 bits per heavy atom. The molecule has 0 saturated heterocycles. The van der Waals surface area contributed by atoms with Crippen molar-refractivity contribution in [3.8, 4) is 0 Å². The normalized spacial score (nSPS) is 26.6. The lowest BCUT2D eigenvalue weighted by Crippen LogP contribution is -2.51. The molecular formula is C12H21NO4. The van der Waals surface area contributed by atoms with Gasteiger partial charge in [-0.3, -0.25) is 9.59 Å². The summed E-state index contributed by atoms with van der Waals surface area (Å²) >= 11 is 0. The summed E-state index contributed by atoms with van der Waals surface area (Å²) in [7, 11) is 0. The summed E-state index contributed by atoms with van der Waals surface area (Å²) in [6, 6.07) is 0. The number of rotatable bonds is 7. The first-order chi connectivity index (χ1) is 7.79. The maximum absolute atomic E-state index is 11.2. The number of hydrogen-bond donors (Lipinski definition) is 3. The molecule has 5 heteroatoms. The fourth-order valence-electron chi connectivity index (χ4n) is 2.29. The van der Waals surface area contributed by atoms with Crippen LogP contribution in [-0.2, 0) is 9.59 Å². The summed E-state index contributed by atoms with van der Waals surface area (Å²) in [5.74, 6) is -2.49. The fraction of sp³-hybridized carbons (Fsp3) is 0.833. The average molecular weight is 243 g/mol. The Kier molecular flexibility index (Phi) is 4.14. The van der Waals surface area contributed by atoms with Gasteiger partial charge in [0.25, 0.3) is 0 Å². The zero-order chi connectivity index (χ0) is 13.2. The standard InChI is InChI=1S/C12H21NO4/c1-7(2)4-3-5-12(13,11(16)17)9-6-8(9)10(14)15/h7-9H,3-6,13H2,1-2H3,(H,14,15)(H,16,17)/t8-,9?,12+/m0/s1. The van der Waals surface area contributed by atoms with E-state index >= 15 is 0 Å². The van der Waals surface area contributed by atoms with Crippen molar-refractivity contribution < 1.29 is 19.8 Å². The van der Waals surface area contributed by atoms with E-state index in [2.05, 4.69) is 13.8 Å². The van der Waals surface area contributed by atoms with Gasteiger partial charge in [0.2, 0.25) is 0 Å². The van der Waals surface area contributed by atoms with Crippen LogP contribution in [0.5, 0.6) is 0 Å². The molecule has 1 rings (SSSR count). The molecule has 3 atom stereocenters. The number of hydrogen-bond acceptors (Lipinski definition) is 3. The molecule has 0 aliphatic heterocycles. The SMILES string of the molecule is CC(C)CCC[C@](N)(C(=O)O)C1C[C@@H]1C(=O)O. The zero-order valence-electron chi connectivity index (χ0n) is 10.3. The number of nitrogens with two attached hydrogens (primary N) is 1. The lowest BCUT2D eigenvalue weighted by molar-refractivity contribution is -0.145. The number of carboxylic acid groups (broad SMARTS) is 2. The molecule has 1 aliphatic rings. The van der Waals surface area contributed by atoms with E-state index in [1.165, 1.54) is 0 Å². The molecule has 17 heavy (non-hydrogen) atoms. The zero-order valence-corrected chi connectivity index (χ0v) is 10.3. The van der Waals surface area contributed by atoms with Crippen molar-refractivity contribution in [3.05, 3.63) is 0 Å². The van der Waals surface area contributed by atoms with Crippen molar-refractivity contribution in [1.82, 2.24) is 0 Å². The van der Waals surface area contributed by atoms with Crippen LogP contribution in [0.3, 0.4) is 0 Å². The maximum atomic E-state index is 11.2. The minimum atomic E-state index is -1.36. The van der Waals surface area contributed by atoms with Crippen LogP contribution in [0.2, 0.25) is 0 Å². The summed E-state index contributed by atoms with van der Waals surface area (Å²) < 4.78 is 0. The molecule has 0 bridgehead atoms. The van der Waals surface area contributed by atoms with E-state index < -0.39 is 29.3 Å². The Morgan fingerprint density at radius 1 is 1.41 bits per heavy atom. The molecule has 98 valence electrons. The van der Waals surface area contributed by atoms with Crippen LogP contribution in [0, 0.1) is 17.8 Å². The third-order valence-electron chi connectivity index (χ3n) is 3.54. The number of carboxylic acids is 2. The molecule has 4 N–H and O–H groups in total. The topological polar surface area (TPSA) is 101 Å². The van der Waals surface area contributed by atoms with Gasteiger partial charge in [-0.15, -0.1) is 0 Å². The highest BCUT2D eigenvalue weighted by Crippen LogP contribution is 2.47. The van der Waals surface area contributed by atoms with Gasteiger partial charge < -0.3 is 15.9 Å². The molecule has 1 saturated carbocycles. The molecule has 1 fully saturated rings. The Bertz CT molecular complexity index is 316. The molecule has 0 aromatic rings. The van der Waals surface area contributed by atoms with Crippen LogP contribution < -0.4 is 5.73 Å². The van der Waals surface area contributed by atoms with Crippen LogP contribution in [0.15, 0.2) is 0 Å². The smallest absolute Gasteiger partial charge is 0.323 e. The highest BCUT2D eigenvalue weighted by atomic mass is 16.4. The van der Waals surface area contributed by atoms with Gasteiger partial charge in [0.15, 0.2) is 0 Å². The Balaban J connectivity index is 2.58. The van der Waals surface area contributed by atoms with E-state index in [9.17, 15) is 14.7 Å². The second kappa shape index (κ2) is 5.04. The predicted molar refractivity (Wildman–Crippen MR) is 62.5 cm³/mol. The first-order valence-electron chi connectivity index (χ1n) is 6.04. The average Bonchev–Trinajstić information content (AvgIpc) is 2.95. The Hall–Kier alpha value is -1.10. The molecule has 0 amide bonds. The van der Waals surface area contributed by atoms with Crippen molar-refractivity contribution in [1.29, 1.82) is 0 Å². The second-order valence-electron chi connectivity index (χ2n) is 5.42. The van der Waals surface area contributed by atoms with Gasteiger partial charge in [-0.2, -0.15) is 0 Å². The largest absolute Gasteiger partial charge is 0.481 e. The highest BCUT2D eigenvalue weighted by molar-refractivity contribution is 5.83. The summed E-state index contributed by atoms with van der Waals surface area (Å²) in [6.07, 6.45) is 2.38. The third kappa shape index (κ3) is 3.19. The van der Waals surface area contributed by atoms with E-state index in [0.29, 0.717) is 18.8 Å². The van der Waals surface area contributed by atoms with Crippen LogP contribution in [0.1, 0.15) is 39.5 Å². The fourth-order valence-corrected chi connectivity index (χ4v) is 2.29. The van der Waals surface area contributed by atoms with Crippen LogP contribution in [0.25, 0.3) is 0 Å². The minimum Gasteiger partial charge on any atom is -0.481 e. The number of carbonyl (C=O) groups is 2. The molecule has 1 unspecified atom stereocenters. The van der Waals surface area contributed by atoms with Gasteiger partial charge in [-0.25, -0.2) is 0 Å². The predicted octanol–water partition coefficient (Wildman–Crippen LogP) is 1.32. The van der Waals surface area contributed by atoms with Crippen LogP contribution in [-0.4, -0.2) is 27.7 Å². The van der Waals surface area contributed by atoms with E-state index in [4.69, 9.17) is 10.8 Å². The van der Waals surface area contributed by atoms with Gasteiger partial charge in [0, 0.05) is 5.92 Å². The van der Waals surface area contributed by atoms with Crippen molar-refractivity contribution in [2.24, 2.45) is 23.5 Å². The lowest BCUT2D eigenvalue weighted by atomic mass is 9.86. The first-order valence-corrected chi connectivity index (χ1v) is 6.04. The van der Waals surface area contributed by atoms with Crippen molar-refractivity contribution in [3.63, 3.8) is 0 Å². The van der Waals surface area contributed by atoms with Crippen molar-refractivity contribution in [2.75, 3.05) is 0 Å². The quantitative estimate of drug-likeness (QED) is 0.626. The van der Waals surface area contributed by atoms with Gasteiger partial charge >= 0.3 is 11.9 Å². The van der Waals surface area contributed by atoms with Crippen molar-refractivity contribution in [2.45, 2.75) is 45.1 Å². The molecule has 0 radical (unpaired) electrons. The summed E-state index contributed by atoms with van der Waals surface area (Å²) in [6.45, 7) is 4.13. The van der Waals surface area contributed by atoms with E-state index in [1.807, 2.05) is 0 Å². The molecule has 0 heterocycles. The van der Waals surface area contributed by atoms with Gasteiger partial charge in [-0.1, -0.05) is 26.7 Å². The number of aliphatic carboxylic acids is 2. The maximum Gasteiger partial charge on any atom is 0.323 e. The third-order valence-corrected chi connectivity index (χ3v) is 3.54. The highest BCUT2D eigenvalue weighted by Gasteiger charge is 2.57. The molecular weight excluding hydrogens is 222 g/mol. The molecule has 1 aliphatic carbocycles. The molecule has 5 nitrogen and oxygen atoms in total.